The number of nitrogens with zero attached hydrogens (tertiary/aromatic N) is 2. The van der Waals surface area contributed by atoms with Crippen molar-refractivity contribution in [3.63, 3.8) is 0 Å². The van der Waals surface area contributed by atoms with E-state index in [1.54, 1.807) is 0 Å². The topological polar surface area (TPSA) is 6.48 Å². The average Bonchev–Trinajstić information content (AvgIpc) is 2.69. The number of likely N-dealkylation sites (N-methyl/N-ethyl adjacent to an activating group) is 1. The summed E-state index contributed by atoms with van der Waals surface area (Å²) >= 11 is 0. The lowest BCUT2D eigenvalue weighted by Crippen LogP contribution is -2.34. The Balaban J connectivity index is 0.00000225. The summed E-state index contributed by atoms with van der Waals surface area (Å²) in [5, 5.41) is 0. The highest BCUT2D eigenvalue weighted by Gasteiger charge is 2.15. The van der Waals surface area contributed by atoms with Crippen molar-refractivity contribution < 1.29 is 0 Å². The van der Waals surface area contributed by atoms with Crippen molar-refractivity contribution in [3.8, 4) is 0 Å². The summed E-state index contributed by atoms with van der Waals surface area (Å²) in [5.74, 6) is 0. The summed E-state index contributed by atoms with van der Waals surface area (Å²) in [7, 11) is 0. The first-order chi connectivity index (χ1) is 11.8. The number of fused-ring (bicyclic) bond motifs is 2. The van der Waals surface area contributed by atoms with Crippen LogP contribution in [-0.4, -0.2) is 36.0 Å². The molecule has 0 unspecified atom stereocenters. The largest absolute Gasteiger partial charge is 0.303 e. The van der Waals surface area contributed by atoms with E-state index in [1.807, 2.05) is 0 Å². The molecule has 1 heterocycles. The van der Waals surface area contributed by atoms with Gasteiger partial charge in [0, 0.05) is 26.2 Å². The van der Waals surface area contributed by atoms with Gasteiger partial charge in [-0.05, 0) is 48.2 Å². The number of rotatable bonds is 5. The van der Waals surface area contributed by atoms with E-state index in [-0.39, 0.29) is 12.4 Å². The number of hydrogen-bond acceptors (Lipinski definition) is 2. The minimum absolute atomic E-state index is 0. The molecule has 136 valence electrons. The Bertz CT molecular complexity index is 602. The summed E-state index contributed by atoms with van der Waals surface area (Å²) in [6.07, 6.45) is 2.30. The Hall–Kier alpha value is -1.35. The zero-order valence-electron chi connectivity index (χ0n) is 15.6. The van der Waals surface area contributed by atoms with E-state index in [9.17, 15) is 0 Å². The van der Waals surface area contributed by atoms with Crippen molar-refractivity contribution >= 4 is 12.4 Å². The third-order valence-electron chi connectivity index (χ3n) is 5.32. The van der Waals surface area contributed by atoms with E-state index in [0.29, 0.717) is 0 Å². The van der Waals surface area contributed by atoms with E-state index < -0.39 is 0 Å². The molecule has 3 rings (SSSR count). The molecule has 0 N–H and O–H groups in total. The number of halogens is 1. The van der Waals surface area contributed by atoms with Gasteiger partial charge in [0.1, 0.15) is 0 Å². The maximum absolute atomic E-state index is 2.63. The van der Waals surface area contributed by atoms with Crippen LogP contribution in [0.5, 0.6) is 0 Å². The minimum Gasteiger partial charge on any atom is -0.303 e. The molecule has 0 radical (unpaired) electrons. The van der Waals surface area contributed by atoms with E-state index in [4.69, 9.17) is 0 Å². The molecular formula is C22H31ClN2. The van der Waals surface area contributed by atoms with Gasteiger partial charge in [-0.3, -0.25) is 4.90 Å². The van der Waals surface area contributed by atoms with Crippen molar-refractivity contribution in [3.05, 3.63) is 70.8 Å². The molecule has 0 bridgehead atoms. The summed E-state index contributed by atoms with van der Waals surface area (Å²) < 4.78 is 0. The fraction of sp³-hybridized carbons (Fsp3) is 0.455. The van der Waals surface area contributed by atoms with Gasteiger partial charge in [0.25, 0.3) is 0 Å². The lowest BCUT2D eigenvalue weighted by Gasteiger charge is -2.27. The van der Waals surface area contributed by atoms with Crippen LogP contribution in [0.15, 0.2) is 48.5 Å². The molecule has 1 aliphatic rings. The van der Waals surface area contributed by atoms with Gasteiger partial charge in [0.15, 0.2) is 0 Å². The van der Waals surface area contributed by atoms with Crippen molar-refractivity contribution in [1.82, 2.24) is 9.80 Å². The molecule has 0 aromatic heterocycles. The molecule has 0 saturated carbocycles. The third-order valence-corrected chi connectivity index (χ3v) is 5.32. The Morgan fingerprint density at radius 1 is 0.760 bits per heavy atom. The Morgan fingerprint density at radius 3 is 1.64 bits per heavy atom. The SMILES string of the molecule is CCN(CC)CCN1Cc2ccccc2CCc2ccccc2C1.Cl. The highest BCUT2D eigenvalue weighted by Crippen LogP contribution is 2.22. The fourth-order valence-electron chi connectivity index (χ4n) is 3.70. The van der Waals surface area contributed by atoms with Gasteiger partial charge < -0.3 is 4.90 Å². The Labute approximate surface area is 159 Å². The van der Waals surface area contributed by atoms with Gasteiger partial charge in [-0.25, -0.2) is 0 Å². The van der Waals surface area contributed by atoms with E-state index >= 15 is 0 Å². The third kappa shape index (κ3) is 5.31. The van der Waals surface area contributed by atoms with Gasteiger partial charge in [-0.15, -0.1) is 12.4 Å². The van der Waals surface area contributed by atoms with Crippen LogP contribution in [0.2, 0.25) is 0 Å². The number of hydrogen-bond donors (Lipinski definition) is 0. The monoisotopic (exact) mass is 358 g/mol. The molecule has 0 amide bonds. The molecule has 1 aliphatic heterocycles. The maximum Gasteiger partial charge on any atom is 0.0240 e. The lowest BCUT2D eigenvalue weighted by molar-refractivity contribution is 0.202. The fourth-order valence-corrected chi connectivity index (χ4v) is 3.70. The molecule has 2 aromatic rings. The maximum atomic E-state index is 2.63. The van der Waals surface area contributed by atoms with Crippen molar-refractivity contribution in [2.75, 3.05) is 26.2 Å². The second-order valence-electron chi connectivity index (χ2n) is 6.77. The molecule has 2 aromatic carbocycles. The lowest BCUT2D eigenvalue weighted by atomic mass is 9.98. The van der Waals surface area contributed by atoms with Gasteiger partial charge in [-0.2, -0.15) is 0 Å². The predicted molar refractivity (Wildman–Crippen MR) is 109 cm³/mol. The second kappa shape index (κ2) is 9.96. The van der Waals surface area contributed by atoms with Crippen LogP contribution in [0.25, 0.3) is 0 Å². The van der Waals surface area contributed by atoms with E-state index in [1.165, 1.54) is 22.3 Å². The van der Waals surface area contributed by atoms with Gasteiger partial charge in [0.2, 0.25) is 0 Å². The first kappa shape index (κ1) is 20.0. The van der Waals surface area contributed by atoms with Crippen LogP contribution in [0.1, 0.15) is 36.1 Å². The highest BCUT2D eigenvalue weighted by molar-refractivity contribution is 5.85. The first-order valence-corrected chi connectivity index (χ1v) is 9.38. The van der Waals surface area contributed by atoms with Crippen LogP contribution in [0.3, 0.4) is 0 Å². The second-order valence-corrected chi connectivity index (χ2v) is 6.77. The van der Waals surface area contributed by atoms with Crippen LogP contribution in [0, 0.1) is 0 Å². The molecule has 0 saturated heterocycles. The standard InChI is InChI=1S/C22H30N2.ClH/c1-3-23(4-2)15-16-24-17-21-11-7-5-9-19(21)13-14-20-10-6-8-12-22(20)18-24;/h5-12H,3-4,13-18H2,1-2H3;1H. The molecule has 0 fully saturated rings. The molecule has 3 heteroatoms. The van der Waals surface area contributed by atoms with Crippen LogP contribution >= 0.6 is 12.4 Å². The highest BCUT2D eigenvalue weighted by atomic mass is 35.5. The molecule has 0 aliphatic carbocycles. The average molecular weight is 359 g/mol. The summed E-state index contributed by atoms with van der Waals surface area (Å²) in [4.78, 5) is 5.14. The van der Waals surface area contributed by atoms with E-state index in [2.05, 4.69) is 72.2 Å². The minimum atomic E-state index is 0. The predicted octanol–water partition coefficient (Wildman–Crippen LogP) is 4.55. The summed E-state index contributed by atoms with van der Waals surface area (Å²) in [6.45, 7) is 11.2. The van der Waals surface area contributed by atoms with Gasteiger partial charge >= 0.3 is 0 Å². The number of aryl methyl sites for hydroxylation is 2. The zero-order chi connectivity index (χ0) is 16.8. The van der Waals surface area contributed by atoms with Crippen molar-refractivity contribution in [1.29, 1.82) is 0 Å². The van der Waals surface area contributed by atoms with Crippen LogP contribution in [0.4, 0.5) is 0 Å². The summed E-state index contributed by atoms with van der Waals surface area (Å²) in [6, 6.07) is 18.0. The normalized spacial score (nSPS) is 14.7. The Kier molecular flexibility index (Phi) is 7.95. The smallest absolute Gasteiger partial charge is 0.0240 e. The molecule has 2 nitrogen and oxygen atoms in total. The van der Waals surface area contributed by atoms with Gasteiger partial charge in [0.05, 0.1) is 0 Å². The van der Waals surface area contributed by atoms with Gasteiger partial charge in [-0.1, -0.05) is 62.4 Å². The van der Waals surface area contributed by atoms with Crippen molar-refractivity contribution in [2.24, 2.45) is 0 Å². The number of benzene rings is 2. The van der Waals surface area contributed by atoms with Crippen molar-refractivity contribution in [2.45, 2.75) is 39.8 Å². The van der Waals surface area contributed by atoms with Crippen LogP contribution < -0.4 is 0 Å². The molecule has 0 atom stereocenters. The molecular weight excluding hydrogens is 328 g/mol. The van der Waals surface area contributed by atoms with E-state index in [0.717, 1.165) is 52.1 Å². The summed E-state index contributed by atoms with van der Waals surface area (Å²) in [5.41, 5.74) is 6.04. The molecule has 25 heavy (non-hydrogen) atoms. The quantitative estimate of drug-likeness (QED) is 0.773. The Morgan fingerprint density at radius 2 is 1.20 bits per heavy atom. The first-order valence-electron chi connectivity index (χ1n) is 9.38. The molecule has 0 spiro atoms. The van der Waals surface area contributed by atoms with Crippen LogP contribution in [-0.2, 0) is 25.9 Å². The zero-order valence-corrected chi connectivity index (χ0v) is 16.4.